The second kappa shape index (κ2) is 1.55. The molecule has 0 aromatic carbocycles. The minimum absolute atomic E-state index is 0.000000000000000222. The molecule has 2 saturated carbocycles. The van der Waals surface area contributed by atoms with E-state index in [1.807, 2.05) is 0 Å². The van der Waals surface area contributed by atoms with Gasteiger partial charge in [0, 0.05) is 5.41 Å². The average Bonchev–Trinajstić information content (AvgIpc) is 2.43. The Labute approximate surface area is 70.7 Å². The minimum Gasteiger partial charge on any atom is -0.462 e. The van der Waals surface area contributed by atoms with E-state index in [-0.39, 0.29) is 35.4 Å². The highest BCUT2D eigenvalue weighted by atomic mass is 16.5. The summed E-state index contributed by atoms with van der Waals surface area (Å²) >= 11 is 0. The molecule has 1 N–H and O–H groups in total. The van der Waals surface area contributed by atoms with Gasteiger partial charge in [0.2, 0.25) is 0 Å². The molecule has 0 amide bonds. The number of aliphatic hydroxyl groups excluding tert-OH is 1. The summed E-state index contributed by atoms with van der Waals surface area (Å²) in [5.41, 5.74) is -0.0191. The van der Waals surface area contributed by atoms with Gasteiger partial charge in [0.1, 0.15) is 6.10 Å². The fourth-order valence-electron chi connectivity index (χ4n) is 3.60. The molecule has 0 radical (unpaired) electrons. The molecule has 3 nitrogen and oxygen atoms in total. The third kappa shape index (κ3) is 0.431. The second-order valence-corrected chi connectivity index (χ2v) is 4.63. The summed E-state index contributed by atoms with van der Waals surface area (Å²) in [7, 11) is 0. The van der Waals surface area contributed by atoms with Crippen LogP contribution in [0.15, 0.2) is 0 Å². The van der Waals surface area contributed by atoms with Crippen molar-refractivity contribution in [3.63, 3.8) is 0 Å². The molecule has 4 aliphatic rings. The summed E-state index contributed by atoms with van der Waals surface area (Å²) in [6.45, 7) is 2.26. The number of ether oxygens (including phenoxy) is 1. The van der Waals surface area contributed by atoms with Gasteiger partial charge in [0.05, 0.1) is 12.5 Å². The van der Waals surface area contributed by atoms with E-state index in [0.717, 1.165) is 12.8 Å². The van der Waals surface area contributed by atoms with Gasteiger partial charge < -0.3 is 9.84 Å². The number of hydrogen-bond donors (Lipinski definition) is 1. The first kappa shape index (κ1) is 6.89. The maximum Gasteiger partial charge on any atom is 0.310 e. The number of hydrogen-bond acceptors (Lipinski definition) is 3. The number of fused-ring (bicyclic) bond motifs is 1. The Hall–Kier alpha value is -0.570. The topological polar surface area (TPSA) is 46.5 Å². The van der Waals surface area contributed by atoms with Crippen LogP contribution in [0.5, 0.6) is 0 Å². The lowest BCUT2D eigenvalue weighted by molar-refractivity contribution is -0.161. The van der Waals surface area contributed by atoms with Gasteiger partial charge in [-0.25, -0.2) is 0 Å². The normalized spacial score (nSPS) is 60.0. The summed E-state index contributed by atoms with van der Waals surface area (Å²) < 4.78 is 5.15. The summed E-state index contributed by atoms with van der Waals surface area (Å²) in [5, 5.41) is 9.26. The van der Waals surface area contributed by atoms with Gasteiger partial charge in [-0.1, -0.05) is 6.92 Å². The molecule has 66 valence electrons. The zero-order valence-corrected chi connectivity index (χ0v) is 7.04. The predicted molar refractivity (Wildman–Crippen MR) is 40.2 cm³/mol. The van der Waals surface area contributed by atoms with Crippen molar-refractivity contribution < 1.29 is 14.6 Å². The molecule has 12 heavy (non-hydrogen) atoms. The summed E-state index contributed by atoms with van der Waals surface area (Å²) in [4.78, 5) is 11.3. The van der Waals surface area contributed by atoms with Crippen LogP contribution in [0.3, 0.4) is 0 Å². The third-order valence-corrected chi connectivity index (χ3v) is 4.29. The Balaban J connectivity index is 2.07. The highest BCUT2D eigenvalue weighted by molar-refractivity contribution is 5.82. The van der Waals surface area contributed by atoms with Gasteiger partial charge in [-0.05, 0) is 18.3 Å². The lowest BCUT2D eigenvalue weighted by Gasteiger charge is -2.25. The lowest BCUT2D eigenvalue weighted by Crippen LogP contribution is -2.32. The highest BCUT2D eigenvalue weighted by Gasteiger charge is 2.83. The summed E-state index contributed by atoms with van der Waals surface area (Å²) in [6.07, 6.45) is 1.94. The van der Waals surface area contributed by atoms with E-state index in [4.69, 9.17) is 4.74 Å². The number of carbonyl (C=O) groups is 1. The maximum absolute atomic E-state index is 11.3. The van der Waals surface area contributed by atoms with Crippen LogP contribution in [-0.4, -0.2) is 23.8 Å². The fraction of sp³-hybridized carbons (Fsp3) is 0.889. The first-order valence-electron chi connectivity index (χ1n) is 4.45. The van der Waals surface area contributed by atoms with Gasteiger partial charge in [0.15, 0.2) is 0 Å². The fourth-order valence-corrected chi connectivity index (χ4v) is 3.60. The van der Waals surface area contributed by atoms with Crippen molar-refractivity contribution >= 4 is 5.97 Å². The molecular formula is C9H12O3. The molecule has 4 unspecified atom stereocenters. The molecule has 4 rings (SSSR count). The van der Waals surface area contributed by atoms with Crippen LogP contribution in [0.4, 0.5) is 0 Å². The van der Waals surface area contributed by atoms with E-state index in [2.05, 4.69) is 6.92 Å². The van der Waals surface area contributed by atoms with E-state index in [0.29, 0.717) is 0 Å². The minimum atomic E-state index is -0.0903. The van der Waals surface area contributed by atoms with Crippen LogP contribution >= 0.6 is 0 Å². The van der Waals surface area contributed by atoms with Crippen LogP contribution in [0.2, 0.25) is 0 Å². The Morgan fingerprint density at radius 2 is 2.42 bits per heavy atom. The summed E-state index contributed by atoms with van der Waals surface area (Å²) in [5.74, 6) is -0.0750. The van der Waals surface area contributed by atoms with Gasteiger partial charge in [-0.15, -0.1) is 0 Å². The Morgan fingerprint density at radius 3 is 2.83 bits per heavy atom. The smallest absolute Gasteiger partial charge is 0.310 e. The van der Waals surface area contributed by atoms with Crippen molar-refractivity contribution in [2.75, 3.05) is 6.61 Å². The number of aliphatic hydroxyl groups is 1. The molecule has 2 aliphatic heterocycles. The van der Waals surface area contributed by atoms with Gasteiger partial charge in [-0.3, -0.25) is 4.79 Å². The van der Waals surface area contributed by atoms with Crippen LogP contribution in [0, 0.1) is 16.7 Å². The number of carbonyl (C=O) groups excluding carboxylic acids is 1. The molecular weight excluding hydrogens is 156 g/mol. The molecule has 4 atom stereocenters. The van der Waals surface area contributed by atoms with Crippen molar-refractivity contribution in [2.45, 2.75) is 25.9 Å². The SMILES string of the molecule is CC12CC3CC1(CO)C2C(=O)O3. The van der Waals surface area contributed by atoms with E-state index >= 15 is 0 Å². The molecule has 2 saturated heterocycles. The van der Waals surface area contributed by atoms with Crippen LogP contribution in [0.25, 0.3) is 0 Å². The zero-order valence-electron chi connectivity index (χ0n) is 7.04. The molecule has 0 aromatic rings. The third-order valence-electron chi connectivity index (χ3n) is 4.29. The van der Waals surface area contributed by atoms with Crippen molar-refractivity contribution in [1.29, 1.82) is 0 Å². The zero-order chi connectivity index (χ0) is 8.56. The largest absolute Gasteiger partial charge is 0.462 e. The molecule has 4 bridgehead atoms. The highest BCUT2D eigenvalue weighted by Crippen LogP contribution is 2.80. The Morgan fingerprint density at radius 1 is 1.67 bits per heavy atom. The second-order valence-electron chi connectivity index (χ2n) is 4.63. The number of rotatable bonds is 1. The van der Waals surface area contributed by atoms with Crippen LogP contribution in [0.1, 0.15) is 19.8 Å². The average molecular weight is 168 g/mol. The van der Waals surface area contributed by atoms with Gasteiger partial charge in [-0.2, -0.15) is 0 Å². The molecule has 2 heterocycles. The van der Waals surface area contributed by atoms with Crippen molar-refractivity contribution in [3.8, 4) is 0 Å². The standard InChI is InChI=1S/C9H12O3/c1-8-2-5-3-9(8,4-10)6(8)7(11)12-5/h5-6,10H,2-4H2,1H3. The molecule has 3 heteroatoms. The van der Waals surface area contributed by atoms with Crippen molar-refractivity contribution in [2.24, 2.45) is 16.7 Å². The van der Waals surface area contributed by atoms with Crippen molar-refractivity contribution in [1.82, 2.24) is 0 Å². The van der Waals surface area contributed by atoms with Crippen molar-refractivity contribution in [3.05, 3.63) is 0 Å². The van der Waals surface area contributed by atoms with E-state index < -0.39 is 0 Å². The molecule has 0 aromatic heterocycles. The molecule has 2 aliphatic carbocycles. The summed E-state index contributed by atoms with van der Waals surface area (Å²) in [6, 6.07) is 0. The van der Waals surface area contributed by atoms with Crippen LogP contribution < -0.4 is 0 Å². The van der Waals surface area contributed by atoms with Crippen LogP contribution in [-0.2, 0) is 9.53 Å². The first-order chi connectivity index (χ1) is 5.64. The van der Waals surface area contributed by atoms with E-state index in [1.54, 1.807) is 0 Å². The number of esters is 1. The predicted octanol–water partition coefficient (Wildman–Crippen LogP) is 0.320. The lowest BCUT2D eigenvalue weighted by atomic mass is 9.97. The van der Waals surface area contributed by atoms with Gasteiger partial charge in [0.25, 0.3) is 0 Å². The molecule has 0 spiro atoms. The monoisotopic (exact) mass is 168 g/mol. The Bertz CT molecular complexity index is 275. The van der Waals surface area contributed by atoms with E-state index in [9.17, 15) is 9.90 Å². The van der Waals surface area contributed by atoms with E-state index in [1.165, 1.54) is 0 Å². The first-order valence-corrected chi connectivity index (χ1v) is 4.45. The quantitative estimate of drug-likeness (QED) is 0.573. The molecule has 4 fully saturated rings. The maximum atomic E-state index is 11.3. The van der Waals surface area contributed by atoms with Gasteiger partial charge >= 0.3 is 5.97 Å². The Kier molecular flexibility index (Phi) is 0.893.